The van der Waals surface area contributed by atoms with Gasteiger partial charge < -0.3 is 24.6 Å². The summed E-state index contributed by atoms with van der Waals surface area (Å²) in [6, 6.07) is 10.6. The van der Waals surface area contributed by atoms with Crippen LogP contribution in [0.3, 0.4) is 0 Å². The lowest BCUT2D eigenvalue weighted by Gasteiger charge is -2.37. The zero-order valence-electron chi connectivity index (χ0n) is 16.1. The van der Waals surface area contributed by atoms with Gasteiger partial charge in [0, 0.05) is 46.4 Å². The summed E-state index contributed by atoms with van der Waals surface area (Å²) in [5.74, 6) is 0.962. The Balaban J connectivity index is 1.42. The van der Waals surface area contributed by atoms with Crippen LogP contribution in [0.25, 0.3) is 0 Å². The second kappa shape index (κ2) is 9.90. The van der Waals surface area contributed by atoms with E-state index in [0.29, 0.717) is 0 Å². The molecule has 2 aliphatic heterocycles. The number of morpholine rings is 1. The molecule has 1 N–H and O–H groups in total. The maximum atomic E-state index is 5.94. The number of rotatable bonds is 6. The molecule has 2 unspecified atom stereocenters. The highest BCUT2D eigenvalue weighted by Crippen LogP contribution is 2.21. The van der Waals surface area contributed by atoms with E-state index >= 15 is 0 Å². The summed E-state index contributed by atoms with van der Waals surface area (Å²) >= 11 is 0. The van der Waals surface area contributed by atoms with E-state index in [0.717, 1.165) is 64.7 Å². The van der Waals surface area contributed by atoms with Crippen molar-refractivity contribution in [2.75, 3.05) is 53.5 Å². The summed E-state index contributed by atoms with van der Waals surface area (Å²) in [7, 11) is 4.01. The molecule has 2 saturated heterocycles. The molecule has 0 saturated carbocycles. The highest BCUT2D eigenvalue weighted by Gasteiger charge is 2.32. The number of likely N-dealkylation sites (N-methyl/N-ethyl adjacent to an activating group) is 1. The van der Waals surface area contributed by atoms with Gasteiger partial charge in [0.05, 0.1) is 12.7 Å². The van der Waals surface area contributed by atoms with E-state index < -0.39 is 0 Å². The lowest BCUT2D eigenvalue weighted by Crippen LogP contribution is -2.53. The standard InChI is InChI=1S/C20H32N4O2/c1-21-20(22-10-11-23(2)15-17-7-4-3-5-8-17)24-12-14-26-19(16-24)18-9-6-13-25-18/h3-5,7-8,18-19H,6,9-16H2,1-2H3,(H,21,22). The van der Waals surface area contributed by atoms with Crippen LogP contribution in [0.1, 0.15) is 18.4 Å². The second-order valence-electron chi connectivity index (χ2n) is 7.10. The zero-order chi connectivity index (χ0) is 18.2. The number of hydrogen-bond acceptors (Lipinski definition) is 4. The molecule has 0 aliphatic carbocycles. The predicted molar refractivity (Wildman–Crippen MR) is 104 cm³/mol. The summed E-state index contributed by atoms with van der Waals surface area (Å²) < 4.78 is 11.7. The van der Waals surface area contributed by atoms with E-state index in [2.05, 4.69) is 57.5 Å². The lowest BCUT2D eigenvalue weighted by molar-refractivity contribution is -0.0817. The highest BCUT2D eigenvalue weighted by molar-refractivity contribution is 5.80. The average Bonchev–Trinajstić information content (AvgIpc) is 3.21. The minimum absolute atomic E-state index is 0.158. The average molecular weight is 361 g/mol. The largest absolute Gasteiger partial charge is 0.375 e. The van der Waals surface area contributed by atoms with Gasteiger partial charge in [-0.25, -0.2) is 0 Å². The van der Waals surface area contributed by atoms with Crippen molar-refractivity contribution < 1.29 is 9.47 Å². The van der Waals surface area contributed by atoms with E-state index in [-0.39, 0.29) is 12.2 Å². The Morgan fingerprint density at radius 1 is 1.23 bits per heavy atom. The second-order valence-corrected chi connectivity index (χ2v) is 7.10. The number of aliphatic imine (C=N–C) groups is 1. The van der Waals surface area contributed by atoms with Crippen molar-refractivity contribution in [3.63, 3.8) is 0 Å². The molecule has 2 heterocycles. The van der Waals surface area contributed by atoms with Crippen molar-refractivity contribution in [1.82, 2.24) is 15.1 Å². The van der Waals surface area contributed by atoms with Gasteiger partial charge in [0.25, 0.3) is 0 Å². The first-order valence-electron chi connectivity index (χ1n) is 9.67. The molecule has 0 bridgehead atoms. The van der Waals surface area contributed by atoms with Crippen LogP contribution >= 0.6 is 0 Å². The molecule has 3 rings (SSSR count). The molecule has 2 atom stereocenters. The molecule has 2 fully saturated rings. The van der Waals surface area contributed by atoms with E-state index in [1.54, 1.807) is 0 Å². The third-order valence-electron chi connectivity index (χ3n) is 5.06. The van der Waals surface area contributed by atoms with Gasteiger partial charge >= 0.3 is 0 Å². The van der Waals surface area contributed by atoms with Crippen LogP contribution in [0.2, 0.25) is 0 Å². The Hall–Kier alpha value is -1.63. The summed E-state index contributed by atoms with van der Waals surface area (Å²) in [4.78, 5) is 9.09. The first-order valence-corrected chi connectivity index (χ1v) is 9.67. The fourth-order valence-electron chi connectivity index (χ4n) is 3.65. The van der Waals surface area contributed by atoms with Crippen molar-refractivity contribution >= 4 is 5.96 Å². The molecule has 2 aliphatic rings. The molecule has 26 heavy (non-hydrogen) atoms. The number of nitrogens with one attached hydrogen (secondary N) is 1. The topological polar surface area (TPSA) is 49.3 Å². The summed E-state index contributed by atoms with van der Waals surface area (Å²) in [6.45, 7) is 6.13. The number of benzene rings is 1. The Labute approximate surface area is 157 Å². The van der Waals surface area contributed by atoms with Crippen molar-refractivity contribution in [3.05, 3.63) is 35.9 Å². The van der Waals surface area contributed by atoms with Crippen LogP contribution in [0, 0.1) is 0 Å². The van der Waals surface area contributed by atoms with E-state index in [1.807, 2.05) is 7.05 Å². The maximum absolute atomic E-state index is 5.94. The van der Waals surface area contributed by atoms with Crippen molar-refractivity contribution in [3.8, 4) is 0 Å². The van der Waals surface area contributed by atoms with Gasteiger partial charge in [-0.1, -0.05) is 30.3 Å². The van der Waals surface area contributed by atoms with Crippen LogP contribution in [0.15, 0.2) is 35.3 Å². The van der Waals surface area contributed by atoms with Gasteiger partial charge in [0.15, 0.2) is 5.96 Å². The van der Waals surface area contributed by atoms with E-state index in [4.69, 9.17) is 9.47 Å². The fourth-order valence-corrected chi connectivity index (χ4v) is 3.65. The number of hydrogen-bond donors (Lipinski definition) is 1. The Morgan fingerprint density at radius 3 is 2.77 bits per heavy atom. The van der Waals surface area contributed by atoms with Crippen molar-refractivity contribution in [2.24, 2.45) is 4.99 Å². The monoisotopic (exact) mass is 360 g/mol. The smallest absolute Gasteiger partial charge is 0.193 e. The summed E-state index contributed by atoms with van der Waals surface area (Å²) in [6.07, 6.45) is 2.65. The van der Waals surface area contributed by atoms with Crippen LogP contribution in [0.5, 0.6) is 0 Å². The fraction of sp³-hybridized carbons (Fsp3) is 0.650. The van der Waals surface area contributed by atoms with Gasteiger partial charge in [-0.2, -0.15) is 0 Å². The molecule has 0 amide bonds. The molecule has 144 valence electrons. The van der Waals surface area contributed by atoms with Gasteiger partial charge in [0.1, 0.15) is 6.10 Å². The summed E-state index contributed by atoms with van der Waals surface area (Å²) in [5.41, 5.74) is 1.34. The summed E-state index contributed by atoms with van der Waals surface area (Å²) in [5, 5.41) is 3.50. The predicted octanol–water partition coefficient (Wildman–Crippen LogP) is 1.57. The molecule has 6 heteroatoms. The first kappa shape index (κ1) is 19.1. The van der Waals surface area contributed by atoms with Crippen LogP contribution in [-0.2, 0) is 16.0 Å². The molecule has 0 aromatic heterocycles. The Kier molecular flexibility index (Phi) is 7.29. The third kappa shape index (κ3) is 5.43. The lowest BCUT2D eigenvalue weighted by atomic mass is 10.1. The molecule has 0 radical (unpaired) electrons. The van der Waals surface area contributed by atoms with Gasteiger partial charge in [0.2, 0.25) is 0 Å². The minimum Gasteiger partial charge on any atom is -0.375 e. The molecule has 0 spiro atoms. The van der Waals surface area contributed by atoms with Crippen LogP contribution in [0.4, 0.5) is 0 Å². The van der Waals surface area contributed by atoms with Crippen molar-refractivity contribution in [2.45, 2.75) is 31.6 Å². The SMILES string of the molecule is CN=C(NCCN(C)Cc1ccccc1)N1CCOC(C2CCCO2)C1. The number of nitrogens with zero attached hydrogens (tertiary/aromatic N) is 3. The molecular formula is C20H32N4O2. The molecule has 6 nitrogen and oxygen atoms in total. The third-order valence-corrected chi connectivity index (χ3v) is 5.06. The maximum Gasteiger partial charge on any atom is 0.193 e. The van der Waals surface area contributed by atoms with Crippen molar-refractivity contribution in [1.29, 1.82) is 0 Å². The first-order chi connectivity index (χ1) is 12.8. The number of ether oxygens (including phenoxy) is 2. The molecule has 1 aromatic carbocycles. The van der Waals surface area contributed by atoms with Gasteiger partial charge in [-0.3, -0.25) is 4.99 Å². The van der Waals surface area contributed by atoms with E-state index in [9.17, 15) is 0 Å². The van der Waals surface area contributed by atoms with Gasteiger partial charge in [-0.05, 0) is 25.5 Å². The highest BCUT2D eigenvalue weighted by atomic mass is 16.5. The molecule has 1 aromatic rings. The van der Waals surface area contributed by atoms with Gasteiger partial charge in [-0.15, -0.1) is 0 Å². The normalized spacial score (nSPS) is 24.3. The Morgan fingerprint density at radius 2 is 2.04 bits per heavy atom. The zero-order valence-corrected chi connectivity index (χ0v) is 16.1. The minimum atomic E-state index is 0.158. The van der Waals surface area contributed by atoms with Crippen LogP contribution < -0.4 is 5.32 Å². The molecular weight excluding hydrogens is 328 g/mol. The van der Waals surface area contributed by atoms with E-state index in [1.165, 1.54) is 5.56 Å². The Bertz CT molecular complexity index is 560. The number of guanidine groups is 1. The van der Waals surface area contributed by atoms with Crippen LogP contribution in [-0.4, -0.2) is 81.5 Å². The quantitative estimate of drug-likeness (QED) is 0.616.